The van der Waals surface area contributed by atoms with Gasteiger partial charge >= 0.3 is 0 Å². The van der Waals surface area contributed by atoms with Gasteiger partial charge in [-0.25, -0.2) is 0 Å². The molecule has 0 bridgehead atoms. The van der Waals surface area contributed by atoms with Crippen LogP contribution in [0, 0.1) is 0 Å². The quantitative estimate of drug-likeness (QED) is 0.151. The second-order valence-electron chi connectivity index (χ2n) is 19.4. The van der Waals surface area contributed by atoms with Crippen LogP contribution in [-0.4, -0.2) is 8.80 Å². The van der Waals surface area contributed by atoms with Crippen molar-refractivity contribution >= 4 is 110 Å². The summed E-state index contributed by atoms with van der Waals surface area (Å²) in [5, 5.41) is 0.610. The van der Waals surface area contributed by atoms with Crippen LogP contribution in [0.2, 0.25) is 0 Å². The van der Waals surface area contributed by atoms with Crippen molar-refractivity contribution in [3.63, 3.8) is 0 Å². The summed E-state index contributed by atoms with van der Waals surface area (Å²) < 4.78 is 140. The summed E-state index contributed by atoms with van der Waals surface area (Å²) in [7, 11) is 0. The van der Waals surface area contributed by atoms with Crippen molar-refractivity contribution < 1.29 is 19.2 Å². The molecule has 13 aromatic rings. The van der Waals surface area contributed by atoms with Crippen LogP contribution in [0.25, 0.3) is 76.2 Å². The molecule has 0 N–H and O–H groups in total. The van der Waals surface area contributed by atoms with E-state index < -0.39 is 48.3 Å². The Hall–Kier alpha value is -7.82. The van der Waals surface area contributed by atoms with E-state index in [2.05, 4.69) is 24.3 Å². The largest absolute Gasteiger partial charge is 0.310 e. The van der Waals surface area contributed by atoms with E-state index in [1.807, 2.05) is 94.7 Å². The Morgan fingerprint density at radius 1 is 0.357 bits per heavy atom. The zero-order valence-electron chi connectivity index (χ0n) is 52.4. The van der Waals surface area contributed by atoms with Gasteiger partial charge in [-0.05, 0) is 133 Å². The third-order valence-corrected chi connectivity index (χ3v) is 15.6. The molecule has 15 rings (SSSR count). The second-order valence-corrected chi connectivity index (χ2v) is 19.4. The number of aromatic nitrogens is 2. The lowest BCUT2D eigenvalue weighted by Crippen LogP contribution is -2.11. The predicted octanol–water partition coefficient (Wildman–Crippen LogP) is 19.0. The Morgan fingerprint density at radius 3 is 1.16 bits per heavy atom. The Balaban J connectivity index is 1.10. The lowest BCUT2D eigenvalue weighted by Gasteiger charge is -2.28. The van der Waals surface area contributed by atoms with Gasteiger partial charge in [0.05, 0.1) is 63.7 Å². The lowest BCUT2D eigenvalue weighted by atomic mass is 9.84. The Kier molecular flexibility index (Phi) is 6.49. The molecule has 0 amide bonds. The average Bonchev–Trinajstić information content (AvgIpc) is 1.60. The Morgan fingerprint density at radius 2 is 0.743 bits per heavy atom. The van der Waals surface area contributed by atoms with Crippen LogP contribution in [0.15, 0.2) is 194 Å². The smallest absolute Gasteiger partial charge is 0.0653 e. The minimum absolute atomic E-state index is 0.00617. The SMILES string of the molecule is [2H]c1c([2H])c([2H])c2c(c1[2H])c1c(N(c3ccccc3)c3ccc(C4CCCCC4)cc3)c([2H])c([2H])c3c4c([2H])c5c(c([2H])c4n2c31)c1c([2H])c([2H])c(N(c2ccccc2)c2ccc(C3CCCCC3)cc2)c2c3c([2H])c([2H])c([2H])c([2H])c3n5c12. The summed E-state index contributed by atoms with van der Waals surface area (Å²) in [5.74, 6) is 0.794. The molecule has 4 heterocycles. The summed E-state index contributed by atoms with van der Waals surface area (Å²) in [6.07, 6.45) is 11.3. The van der Waals surface area contributed by atoms with Crippen molar-refractivity contribution in [2.24, 2.45) is 0 Å². The molecule has 2 saturated carbocycles. The average molecular weight is 917 g/mol. The van der Waals surface area contributed by atoms with Gasteiger partial charge in [-0.3, -0.25) is 0 Å². The fourth-order valence-electron chi connectivity index (χ4n) is 12.4. The third-order valence-electron chi connectivity index (χ3n) is 15.6. The molecule has 4 heteroatoms. The number of benzene rings is 9. The van der Waals surface area contributed by atoms with Gasteiger partial charge in [0, 0.05) is 65.8 Å². The summed E-state index contributed by atoms with van der Waals surface area (Å²) in [6.45, 7) is 0. The number of para-hydroxylation sites is 4. The molecule has 338 valence electrons. The second kappa shape index (κ2) is 15.9. The van der Waals surface area contributed by atoms with E-state index in [9.17, 15) is 13.7 Å². The van der Waals surface area contributed by atoms with Gasteiger partial charge in [-0.15, -0.1) is 0 Å². The molecule has 70 heavy (non-hydrogen) atoms. The van der Waals surface area contributed by atoms with E-state index in [0.717, 1.165) is 51.4 Å². The van der Waals surface area contributed by atoms with Crippen molar-refractivity contribution in [3.8, 4) is 0 Å². The van der Waals surface area contributed by atoms with Gasteiger partial charge in [0.1, 0.15) is 0 Å². The molecular weight excluding hydrogens is 849 g/mol. The first-order chi connectivity index (χ1) is 40.6. The van der Waals surface area contributed by atoms with E-state index in [1.165, 1.54) is 32.8 Å². The summed E-state index contributed by atoms with van der Waals surface area (Å²) in [6, 6.07) is 29.3. The van der Waals surface area contributed by atoms with Gasteiger partial charge in [-0.1, -0.05) is 148 Å². The van der Waals surface area contributed by atoms with E-state index in [0.29, 0.717) is 34.6 Å². The fraction of sp³-hybridized carbons (Fsp3) is 0.182. The van der Waals surface area contributed by atoms with Crippen molar-refractivity contribution in [1.29, 1.82) is 0 Å². The number of hydrogen-bond donors (Lipinski definition) is 0. The molecule has 0 saturated heterocycles. The number of nitrogens with zero attached hydrogens (tertiary/aromatic N) is 4. The minimum atomic E-state index is -0.551. The molecule has 2 aliphatic carbocycles. The topological polar surface area (TPSA) is 15.3 Å². The number of fused-ring (bicyclic) bond motifs is 12. The molecule has 4 aromatic heterocycles. The molecule has 9 aromatic carbocycles. The van der Waals surface area contributed by atoms with E-state index in [-0.39, 0.29) is 124 Å². The van der Waals surface area contributed by atoms with Crippen LogP contribution >= 0.6 is 0 Å². The minimum Gasteiger partial charge on any atom is -0.310 e. The zero-order chi connectivity index (χ0) is 58.0. The third kappa shape index (κ3) is 5.95. The standard InChI is InChI=1S/C66H54N4/c1-5-17-43(18-6-1)45-29-33-49(34-30-45)67(47-21-9-3-10-22-47)59-39-37-51-55-41-62-56(42-61(55)69-57-27-15-13-25-53(57)63(59)65(51)69)52-38-40-60(64-54-26-14-16-28-58(54)70(62)66(52)64)68(48-23-11-4-12-24-48)50-35-31-46(32-36-50)44-19-7-2-8-20-44/h3-4,9-16,21-44H,1-2,5-8,17-20H2/i13D,14D,15D,16D,25D,26D,27D,28D,37D,38D,39D,40D,41D,42D. The van der Waals surface area contributed by atoms with Crippen LogP contribution in [-0.2, 0) is 0 Å². The first-order valence-electron chi connectivity index (χ1n) is 31.9. The number of rotatable bonds is 8. The molecule has 0 unspecified atom stereocenters. The predicted molar refractivity (Wildman–Crippen MR) is 297 cm³/mol. The van der Waals surface area contributed by atoms with Crippen molar-refractivity contribution in [3.05, 3.63) is 205 Å². The number of hydrogen-bond acceptors (Lipinski definition) is 2. The molecule has 2 fully saturated rings. The van der Waals surface area contributed by atoms with Crippen molar-refractivity contribution in [2.45, 2.75) is 76.0 Å². The molecule has 0 radical (unpaired) electrons. The summed E-state index contributed by atoms with van der Waals surface area (Å²) in [4.78, 5) is 3.69. The van der Waals surface area contributed by atoms with E-state index >= 15 is 0 Å². The van der Waals surface area contributed by atoms with Gasteiger partial charge in [0.15, 0.2) is 0 Å². The van der Waals surface area contributed by atoms with E-state index in [1.54, 1.807) is 0 Å². The first kappa shape index (κ1) is 28.6. The molecule has 4 nitrogen and oxygen atoms in total. The van der Waals surface area contributed by atoms with Crippen LogP contribution in [0.1, 0.15) is 106 Å². The highest BCUT2D eigenvalue weighted by atomic mass is 15.2. The lowest BCUT2D eigenvalue weighted by molar-refractivity contribution is 0.443. The summed E-state index contributed by atoms with van der Waals surface area (Å²) in [5.41, 5.74) is 5.50. The molecule has 2 aliphatic rings. The maximum Gasteiger partial charge on any atom is 0.0653 e. The Bertz CT molecular complexity index is 4590. The molecular formula is C66H54N4. The van der Waals surface area contributed by atoms with Crippen LogP contribution < -0.4 is 9.80 Å². The Labute approximate surface area is 428 Å². The van der Waals surface area contributed by atoms with Gasteiger partial charge < -0.3 is 18.6 Å². The van der Waals surface area contributed by atoms with Crippen LogP contribution in [0.4, 0.5) is 34.1 Å². The first-order valence-corrected chi connectivity index (χ1v) is 24.9. The van der Waals surface area contributed by atoms with Gasteiger partial charge in [0.25, 0.3) is 0 Å². The highest BCUT2D eigenvalue weighted by Crippen LogP contribution is 2.51. The van der Waals surface area contributed by atoms with E-state index in [4.69, 9.17) is 5.48 Å². The van der Waals surface area contributed by atoms with Crippen molar-refractivity contribution in [1.82, 2.24) is 8.80 Å². The monoisotopic (exact) mass is 917 g/mol. The maximum atomic E-state index is 10.6. The molecule has 0 atom stereocenters. The normalized spacial score (nSPS) is 18.1. The zero-order valence-corrected chi connectivity index (χ0v) is 38.4. The van der Waals surface area contributed by atoms with Gasteiger partial charge in [-0.2, -0.15) is 0 Å². The summed E-state index contributed by atoms with van der Waals surface area (Å²) >= 11 is 0. The highest BCUT2D eigenvalue weighted by Gasteiger charge is 2.28. The molecule has 0 aliphatic heterocycles. The number of anilines is 6. The van der Waals surface area contributed by atoms with Crippen molar-refractivity contribution in [2.75, 3.05) is 9.80 Å². The van der Waals surface area contributed by atoms with Crippen LogP contribution in [0.5, 0.6) is 0 Å². The highest BCUT2D eigenvalue weighted by molar-refractivity contribution is 6.32. The fourth-order valence-corrected chi connectivity index (χ4v) is 12.4. The molecule has 0 spiro atoms. The van der Waals surface area contributed by atoms with Crippen LogP contribution in [0.3, 0.4) is 0 Å². The maximum absolute atomic E-state index is 10.6. The van der Waals surface area contributed by atoms with Gasteiger partial charge in [0.2, 0.25) is 0 Å².